The maximum atomic E-state index is 5.55. The summed E-state index contributed by atoms with van der Waals surface area (Å²) in [5.74, 6) is 4.87. The van der Waals surface area contributed by atoms with Crippen LogP contribution in [0.4, 0.5) is 0 Å². The van der Waals surface area contributed by atoms with Crippen LogP contribution in [-0.2, 0) is 6.42 Å². The first-order chi connectivity index (χ1) is 10.2. The van der Waals surface area contributed by atoms with Crippen molar-refractivity contribution in [3.8, 4) is 5.75 Å². The smallest absolute Gasteiger partial charge is 0.122 e. The third kappa shape index (κ3) is 5.11. The van der Waals surface area contributed by atoms with E-state index in [-0.39, 0.29) is 0 Å². The molecule has 118 valence electrons. The van der Waals surface area contributed by atoms with Gasteiger partial charge in [-0.15, -0.1) is 0 Å². The van der Waals surface area contributed by atoms with Crippen LogP contribution in [0.5, 0.6) is 5.75 Å². The monoisotopic (exact) mass is 325 g/mol. The number of methoxy groups -OCH3 is 1. The van der Waals surface area contributed by atoms with E-state index in [0.717, 1.165) is 18.7 Å². The summed E-state index contributed by atoms with van der Waals surface area (Å²) in [5.41, 5.74) is 2.65. The average Bonchev–Trinajstić information content (AvgIpc) is 2.52. The summed E-state index contributed by atoms with van der Waals surface area (Å²) in [6.07, 6.45) is 2.25. The normalized spacial score (nSPS) is 20.2. The van der Waals surface area contributed by atoms with Crippen LogP contribution in [0.1, 0.15) is 24.5 Å². The summed E-state index contributed by atoms with van der Waals surface area (Å²) in [6.45, 7) is 5.49. The van der Waals surface area contributed by atoms with Crippen molar-refractivity contribution in [2.45, 2.75) is 38.0 Å². The molecule has 0 bridgehead atoms. The van der Waals surface area contributed by atoms with Crippen molar-refractivity contribution < 1.29 is 4.74 Å². The van der Waals surface area contributed by atoms with Gasteiger partial charge in [0, 0.05) is 28.6 Å². The molecule has 1 fully saturated rings. The van der Waals surface area contributed by atoms with Crippen molar-refractivity contribution in [3.05, 3.63) is 29.3 Å². The highest BCUT2D eigenvalue weighted by Gasteiger charge is 2.25. The van der Waals surface area contributed by atoms with Gasteiger partial charge >= 0.3 is 0 Å². The molecule has 2 nitrogen and oxygen atoms in total. The van der Waals surface area contributed by atoms with Crippen LogP contribution in [0.3, 0.4) is 0 Å². The van der Waals surface area contributed by atoms with E-state index < -0.39 is 0 Å². The lowest BCUT2D eigenvalue weighted by Crippen LogP contribution is -2.43. The van der Waals surface area contributed by atoms with Crippen molar-refractivity contribution in [2.75, 3.05) is 30.9 Å². The minimum absolute atomic E-state index is 0.540. The first kappa shape index (κ1) is 17.0. The molecule has 1 N–H and O–H groups in total. The fraction of sp³-hybridized carbons (Fsp3) is 0.647. The van der Waals surface area contributed by atoms with Gasteiger partial charge in [-0.2, -0.15) is 23.5 Å². The Morgan fingerprint density at radius 3 is 2.90 bits per heavy atom. The molecule has 0 aliphatic carbocycles. The quantitative estimate of drug-likeness (QED) is 0.823. The van der Waals surface area contributed by atoms with Crippen molar-refractivity contribution in [1.29, 1.82) is 0 Å². The van der Waals surface area contributed by atoms with Gasteiger partial charge in [-0.1, -0.05) is 24.6 Å². The summed E-state index contributed by atoms with van der Waals surface area (Å²) in [5, 5.41) is 4.48. The van der Waals surface area contributed by atoms with Crippen LogP contribution < -0.4 is 10.1 Å². The Hall–Kier alpha value is -0.320. The van der Waals surface area contributed by atoms with Gasteiger partial charge in [0.25, 0.3) is 0 Å². The molecule has 1 aliphatic rings. The number of nitrogens with one attached hydrogen (secondary N) is 1. The minimum atomic E-state index is 0.540. The Kier molecular flexibility index (Phi) is 7.27. The molecule has 2 atom stereocenters. The van der Waals surface area contributed by atoms with E-state index in [1.165, 1.54) is 34.8 Å². The second-order valence-corrected chi connectivity index (χ2v) is 8.06. The Labute approximate surface area is 137 Å². The van der Waals surface area contributed by atoms with Crippen LogP contribution in [-0.4, -0.2) is 42.2 Å². The number of aryl methyl sites for hydroxylation is 1. The molecule has 2 unspecified atom stereocenters. The van der Waals surface area contributed by atoms with Gasteiger partial charge in [-0.05, 0) is 37.9 Å². The van der Waals surface area contributed by atoms with Crippen molar-refractivity contribution in [3.63, 3.8) is 0 Å². The molecule has 21 heavy (non-hydrogen) atoms. The summed E-state index contributed by atoms with van der Waals surface area (Å²) >= 11 is 4.23. The Bertz CT molecular complexity index is 433. The average molecular weight is 326 g/mol. The first-order valence-electron chi connectivity index (χ1n) is 7.80. The van der Waals surface area contributed by atoms with E-state index >= 15 is 0 Å². The lowest BCUT2D eigenvalue weighted by molar-refractivity contribution is 0.404. The SMILES string of the molecule is CCCNC(Cc1cc(C)ccc1OC)C1CSCCS1. The van der Waals surface area contributed by atoms with Gasteiger partial charge in [-0.25, -0.2) is 0 Å². The van der Waals surface area contributed by atoms with E-state index in [2.05, 4.69) is 60.9 Å². The zero-order valence-corrected chi connectivity index (χ0v) is 15.0. The highest BCUT2D eigenvalue weighted by atomic mass is 32.2. The second-order valence-electron chi connectivity index (χ2n) is 5.56. The van der Waals surface area contributed by atoms with Gasteiger partial charge in [0.05, 0.1) is 7.11 Å². The van der Waals surface area contributed by atoms with Crippen LogP contribution in [0.15, 0.2) is 18.2 Å². The van der Waals surface area contributed by atoms with Crippen molar-refractivity contribution >= 4 is 23.5 Å². The highest BCUT2D eigenvalue weighted by Crippen LogP contribution is 2.30. The maximum absolute atomic E-state index is 5.55. The molecule has 1 aromatic carbocycles. The Morgan fingerprint density at radius 1 is 1.38 bits per heavy atom. The minimum Gasteiger partial charge on any atom is -0.496 e. The standard InChI is InChI=1S/C17H27NOS2/c1-4-7-18-15(17-12-20-8-9-21-17)11-14-10-13(2)5-6-16(14)19-3/h5-6,10,15,17-18H,4,7-9,11-12H2,1-3H3. The maximum Gasteiger partial charge on any atom is 0.122 e. The Balaban J connectivity index is 2.11. The molecule has 1 aromatic rings. The molecular weight excluding hydrogens is 298 g/mol. The summed E-state index contributed by atoms with van der Waals surface area (Å²) in [6, 6.07) is 7.05. The van der Waals surface area contributed by atoms with Gasteiger partial charge in [0.2, 0.25) is 0 Å². The third-order valence-corrected chi connectivity index (χ3v) is 6.74. The molecule has 0 amide bonds. The molecule has 1 heterocycles. The fourth-order valence-corrected chi connectivity index (χ4v) is 5.60. The number of hydrogen-bond donors (Lipinski definition) is 1. The largest absolute Gasteiger partial charge is 0.496 e. The second kappa shape index (κ2) is 8.96. The molecule has 0 saturated carbocycles. The van der Waals surface area contributed by atoms with E-state index in [1.54, 1.807) is 7.11 Å². The summed E-state index contributed by atoms with van der Waals surface area (Å²) in [4.78, 5) is 0. The zero-order chi connectivity index (χ0) is 15.1. The van der Waals surface area contributed by atoms with E-state index in [0.29, 0.717) is 11.3 Å². The molecule has 2 rings (SSSR count). The predicted octanol–water partition coefficient (Wildman–Crippen LogP) is 3.76. The van der Waals surface area contributed by atoms with Gasteiger partial charge in [-0.3, -0.25) is 0 Å². The van der Waals surface area contributed by atoms with Crippen molar-refractivity contribution in [2.24, 2.45) is 0 Å². The van der Waals surface area contributed by atoms with Crippen LogP contribution in [0, 0.1) is 6.92 Å². The first-order valence-corrected chi connectivity index (χ1v) is 10.0. The number of ether oxygens (including phenoxy) is 1. The molecule has 4 heteroatoms. The predicted molar refractivity (Wildman–Crippen MR) is 97.1 cm³/mol. The lowest BCUT2D eigenvalue weighted by Gasteiger charge is -2.31. The zero-order valence-electron chi connectivity index (χ0n) is 13.4. The van der Waals surface area contributed by atoms with Gasteiger partial charge < -0.3 is 10.1 Å². The Morgan fingerprint density at radius 2 is 2.24 bits per heavy atom. The number of rotatable bonds is 7. The fourth-order valence-electron chi connectivity index (χ4n) is 2.71. The number of hydrogen-bond acceptors (Lipinski definition) is 4. The number of benzene rings is 1. The lowest BCUT2D eigenvalue weighted by atomic mass is 10.0. The van der Waals surface area contributed by atoms with E-state index in [4.69, 9.17) is 4.74 Å². The molecule has 0 spiro atoms. The van der Waals surface area contributed by atoms with Crippen molar-refractivity contribution in [1.82, 2.24) is 5.32 Å². The molecule has 0 radical (unpaired) electrons. The van der Waals surface area contributed by atoms with E-state index in [1.807, 2.05) is 0 Å². The summed E-state index contributed by atoms with van der Waals surface area (Å²) in [7, 11) is 1.77. The van der Waals surface area contributed by atoms with Crippen LogP contribution in [0.2, 0.25) is 0 Å². The molecule has 1 saturated heterocycles. The van der Waals surface area contributed by atoms with Gasteiger partial charge in [0.1, 0.15) is 5.75 Å². The summed E-state index contributed by atoms with van der Waals surface area (Å²) < 4.78 is 5.55. The molecule has 0 aromatic heterocycles. The molecule has 1 aliphatic heterocycles. The number of thioether (sulfide) groups is 2. The topological polar surface area (TPSA) is 21.3 Å². The van der Waals surface area contributed by atoms with Gasteiger partial charge in [0.15, 0.2) is 0 Å². The third-order valence-electron chi connectivity index (χ3n) is 3.82. The highest BCUT2D eigenvalue weighted by molar-refractivity contribution is 8.06. The van der Waals surface area contributed by atoms with Crippen LogP contribution >= 0.6 is 23.5 Å². The van der Waals surface area contributed by atoms with Crippen LogP contribution in [0.25, 0.3) is 0 Å². The van der Waals surface area contributed by atoms with E-state index in [9.17, 15) is 0 Å². The molecular formula is C17H27NOS2.